The molecule has 0 bridgehead atoms. The minimum absolute atomic E-state index is 0.223. The molecular weight excluding hydrogens is 631 g/mol. The second-order valence-electron chi connectivity index (χ2n) is 15.1. The Morgan fingerprint density at radius 1 is 0.314 bits per heavy atom. The van der Waals surface area contributed by atoms with Gasteiger partial charge in [-0.15, -0.1) is 0 Å². The number of hydrogen-bond donors (Lipinski definition) is 3. The van der Waals surface area contributed by atoms with Gasteiger partial charge in [0, 0.05) is 36.3 Å². The molecule has 3 N–H and O–H groups in total. The van der Waals surface area contributed by atoms with Gasteiger partial charge in [0.05, 0.1) is 0 Å². The zero-order chi connectivity index (χ0) is 37.0. The summed E-state index contributed by atoms with van der Waals surface area (Å²) in [7, 11) is 0. The molecule has 0 aromatic heterocycles. The Bertz CT molecular complexity index is 859. The quantitative estimate of drug-likeness (QED) is 0.0606. The van der Waals surface area contributed by atoms with Crippen LogP contribution in [0.1, 0.15) is 244 Å². The monoisotopic (exact) mass is 712 g/mol. The average Bonchev–Trinajstić information content (AvgIpc) is 3.14. The van der Waals surface area contributed by atoms with Gasteiger partial charge in [-0.2, -0.15) is 0 Å². The summed E-state index contributed by atoms with van der Waals surface area (Å²) >= 11 is 0. The van der Waals surface area contributed by atoms with Crippen molar-refractivity contribution in [3.05, 3.63) is 34.9 Å². The number of unbranched alkanes of at least 4 members (excludes halogenated alkanes) is 27. The summed E-state index contributed by atoms with van der Waals surface area (Å²) in [6.07, 6.45) is 37.4. The number of hydrogen-bond acceptors (Lipinski definition) is 3. The van der Waals surface area contributed by atoms with Crippen LogP contribution in [0.5, 0.6) is 0 Å². The molecule has 0 aliphatic carbocycles. The second kappa shape index (κ2) is 34.7. The fraction of sp³-hybridized carbons (Fsp3) is 0.800. The molecule has 3 amide bonds. The van der Waals surface area contributed by atoms with E-state index in [1.54, 1.807) is 18.2 Å². The van der Waals surface area contributed by atoms with E-state index in [-0.39, 0.29) is 17.7 Å². The van der Waals surface area contributed by atoms with Gasteiger partial charge in [0.15, 0.2) is 0 Å². The highest BCUT2D eigenvalue weighted by molar-refractivity contribution is 6.04. The van der Waals surface area contributed by atoms with E-state index in [9.17, 15) is 14.4 Å². The van der Waals surface area contributed by atoms with E-state index in [1.165, 1.54) is 154 Å². The Kier molecular flexibility index (Phi) is 31.7. The van der Waals surface area contributed by atoms with Gasteiger partial charge in [-0.25, -0.2) is 0 Å². The third-order valence-electron chi connectivity index (χ3n) is 10.2. The van der Waals surface area contributed by atoms with Crippen LogP contribution in [-0.2, 0) is 0 Å². The van der Waals surface area contributed by atoms with Gasteiger partial charge in [0.1, 0.15) is 0 Å². The fourth-order valence-corrected chi connectivity index (χ4v) is 6.77. The van der Waals surface area contributed by atoms with E-state index in [0.29, 0.717) is 36.3 Å². The molecule has 0 saturated heterocycles. The number of amides is 3. The zero-order valence-electron chi connectivity index (χ0n) is 33.8. The fourth-order valence-electron chi connectivity index (χ4n) is 6.77. The van der Waals surface area contributed by atoms with Crippen molar-refractivity contribution >= 4 is 17.7 Å². The van der Waals surface area contributed by atoms with Gasteiger partial charge in [-0.3, -0.25) is 14.4 Å². The lowest BCUT2D eigenvalue weighted by Gasteiger charge is -2.12. The molecule has 1 aromatic rings. The van der Waals surface area contributed by atoms with Crippen molar-refractivity contribution in [1.29, 1.82) is 0 Å². The molecule has 1 rings (SSSR count). The molecule has 0 atom stereocenters. The molecule has 0 radical (unpaired) electrons. The van der Waals surface area contributed by atoms with Gasteiger partial charge in [-0.1, -0.05) is 194 Å². The number of carbonyl (C=O) groups excluding carboxylic acids is 3. The Morgan fingerprint density at radius 3 is 0.686 bits per heavy atom. The molecule has 6 heteroatoms. The smallest absolute Gasteiger partial charge is 0.251 e. The van der Waals surface area contributed by atoms with E-state index >= 15 is 0 Å². The number of benzene rings is 1. The molecule has 0 aliphatic heterocycles. The SMILES string of the molecule is CCCCCCCCCCCCNC(=O)c1cc(C(=O)NCCCCCCCCCCCC)cc(C(=O)NCCCCCCCCCCCC)c1. The highest BCUT2D eigenvalue weighted by Crippen LogP contribution is 2.15. The van der Waals surface area contributed by atoms with Crippen LogP contribution in [-0.4, -0.2) is 37.4 Å². The van der Waals surface area contributed by atoms with Crippen molar-refractivity contribution in [3.63, 3.8) is 0 Å². The zero-order valence-corrected chi connectivity index (χ0v) is 33.8. The molecule has 0 heterocycles. The van der Waals surface area contributed by atoms with E-state index in [0.717, 1.165) is 38.5 Å². The van der Waals surface area contributed by atoms with Crippen LogP contribution in [0.15, 0.2) is 18.2 Å². The molecule has 0 aliphatic rings. The van der Waals surface area contributed by atoms with Crippen molar-refractivity contribution in [1.82, 2.24) is 16.0 Å². The molecular formula is C45H81N3O3. The molecule has 0 saturated carbocycles. The maximum atomic E-state index is 13.2. The Morgan fingerprint density at radius 2 is 0.490 bits per heavy atom. The van der Waals surface area contributed by atoms with Gasteiger partial charge >= 0.3 is 0 Å². The van der Waals surface area contributed by atoms with E-state index in [4.69, 9.17) is 0 Å². The Hall–Kier alpha value is -2.37. The summed E-state index contributed by atoms with van der Waals surface area (Å²) in [5, 5.41) is 9.11. The van der Waals surface area contributed by atoms with Crippen LogP contribution in [0.2, 0.25) is 0 Å². The van der Waals surface area contributed by atoms with E-state index in [2.05, 4.69) is 36.7 Å². The van der Waals surface area contributed by atoms with Crippen molar-refractivity contribution in [2.45, 2.75) is 213 Å². The number of nitrogens with one attached hydrogen (secondary N) is 3. The summed E-state index contributed by atoms with van der Waals surface area (Å²) in [5.74, 6) is -0.669. The van der Waals surface area contributed by atoms with Crippen LogP contribution < -0.4 is 16.0 Å². The maximum absolute atomic E-state index is 13.2. The number of carbonyl (C=O) groups is 3. The normalized spacial score (nSPS) is 11.1. The first kappa shape index (κ1) is 46.7. The van der Waals surface area contributed by atoms with Crippen molar-refractivity contribution < 1.29 is 14.4 Å². The van der Waals surface area contributed by atoms with Crippen LogP contribution in [0.4, 0.5) is 0 Å². The largest absolute Gasteiger partial charge is 0.352 e. The van der Waals surface area contributed by atoms with Crippen LogP contribution in [0, 0.1) is 0 Å². The first-order chi connectivity index (χ1) is 25.0. The summed E-state index contributed by atoms with van der Waals surface area (Å²) in [5.41, 5.74) is 1.12. The molecule has 1 aromatic carbocycles. The van der Waals surface area contributed by atoms with Crippen LogP contribution in [0.3, 0.4) is 0 Å². The average molecular weight is 712 g/mol. The van der Waals surface area contributed by atoms with Crippen LogP contribution in [0.25, 0.3) is 0 Å². The van der Waals surface area contributed by atoms with E-state index < -0.39 is 0 Å². The van der Waals surface area contributed by atoms with E-state index in [1.807, 2.05) is 0 Å². The lowest BCUT2D eigenvalue weighted by molar-refractivity contribution is 0.0952. The molecule has 51 heavy (non-hydrogen) atoms. The predicted molar refractivity (Wildman–Crippen MR) is 219 cm³/mol. The standard InChI is InChI=1S/C45H81N3O3/c1-4-7-10-13-16-19-22-25-28-31-34-46-43(49)40-37-41(44(50)47-35-32-29-26-23-20-17-14-11-8-5-2)39-42(38-40)45(51)48-36-33-30-27-24-21-18-15-12-9-6-3/h37-39H,4-36H2,1-3H3,(H,46,49)(H,47,50)(H,48,51). The molecule has 0 fully saturated rings. The summed E-state index contributed by atoms with van der Waals surface area (Å²) in [6, 6.07) is 4.92. The third-order valence-corrected chi connectivity index (χ3v) is 10.2. The van der Waals surface area contributed by atoms with Gasteiger partial charge in [-0.05, 0) is 37.5 Å². The van der Waals surface area contributed by atoms with Crippen molar-refractivity contribution in [2.24, 2.45) is 0 Å². The summed E-state index contributed by atoms with van der Waals surface area (Å²) < 4.78 is 0. The minimum Gasteiger partial charge on any atom is -0.352 e. The lowest BCUT2D eigenvalue weighted by Crippen LogP contribution is -2.29. The molecule has 0 spiro atoms. The highest BCUT2D eigenvalue weighted by Gasteiger charge is 2.16. The summed E-state index contributed by atoms with van der Waals surface area (Å²) in [6.45, 7) is 8.56. The predicted octanol–water partition coefficient (Wildman–Crippen LogP) is 12.6. The van der Waals surface area contributed by atoms with Gasteiger partial charge in [0.25, 0.3) is 17.7 Å². The second-order valence-corrected chi connectivity index (χ2v) is 15.1. The molecule has 0 unspecified atom stereocenters. The first-order valence-electron chi connectivity index (χ1n) is 22.0. The molecule has 6 nitrogen and oxygen atoms in total. The summed E-state index contributed by atoms with van der Waals surface area (Å²) in [4.78, 5) is 39.6. The van der Waals surface area contributed by atoms with Crippen molar-refractivity contribution in [3.8, 4) is 0 Å². The van der Waals surface area contributed by atoms with Crippen molar-refractivity contribution in [2.75, 3.05) is 19.6 Å². The molecule has 294 valence electrons. The van der Waals surface area contributed by atoms with Gasteiger partial charge in [0.2, 0.25) is 0 Å². The minimum atomic E-state index is -0.223. The topological polar surface area (TPSA) is 87.3 Å². The van der Waals surface area contributed by atoms with Gasteiger partial charge < -0.3 is 16.0 Å². The number of rotatable bonds is 36. The van der Waals surface area contributed by atoms with Crippen LogP contribution >= 0.6 is 0 Å². The Labute approximate surface area is 315 Å². The third kappa shape index (κ3) is 27.0. The highest BCUT2D eigenvalue weighted by atomic mass is 16.2. The lowest BCUT2D eigenvalue weighted by atomic mass is 10.0. The Balaban J connectivity index is 2.56. The first-order valence-corrected chi connectivity index (χ1v) is 22.0. The maximum Gasteiger partial charge on any atom is 0.251 e.